The van der Waals surface area contributed by atoms with E-state index in [4.69, 9.17) is 24.0 Å². The highest BCUT2D eigenvalue weighted by atomic mass is 16.5. The van der Waals surface area contributed by atoms with Crippen molar-refractivity contribution in [3.05, 3.63) is 121 Å². The highest BCUT2D eigenvalue weighted by Crippen LogP contribution is 2.35. The number of benzene rings is 5. The molecule has 0 unspecified atom stereocenters. The third kappa shape index (κ3) is 5.71. The van der Waals surface area contributed by atoms with Crippen LogP contribution >= 0.6 is 0 Å². The maximum absolute atomic E-state index is 10.7. The van der Waals surface area contributed by atoms with Crippen molar-refractivity contribution in [1.29, 1.82) is 0 Å². The van der Waals surface area contributed by atoms with Gasteiger partial charge in [0.15, 0.2) is 17.5 Å². The van der Waals surface area contributed by atoms with E-state index in [0.29, 0.717) is 28.6 Å². The highest BCUT2D eigenvalue weighted by Gasteiger charge is 2.36. The monoisotopic (exact) mass is 602 g/mol. The van der Waals surface area contributed by atoms with Crippen LogP contribution in [0.5, 0.6) is 0 Å². The van der Waals surface area contributed by atoms with Crippen LogP contribution in [-0.2, 0) is 4.65 Å². The number of rotatable bonds is 8. The Balaban J connectivity index is 1.40. The van der Waals surface area contributed by atoms with E-state index < -0.39 is 11.2 Å². The summed E-state index contributed by atoms with van der Waals surface area (Å²) in [7, 11) is 1.69. The lowest BCUT2D eigenvalue weighted by molar-refractivity contribution is -0.0893. The van der Waals surface area contributed by atoms with Gasteiger partial charge in [0, 0.05) is 21.9 Å². The molecule has 0 amide bonds. The Bertz CT molecular complexity index is 2150. The summed E-state index contributed by atoms with van der Waals surface area (Å²) in [6, 6.07) is 40.4. The third-order valence-corrected chi connectivity index (χ3v) is 8.62. The maximum Gasteiger partial charge on any atom is 0.330 e. The van der Waals surface area contributed by atoms with E-state index in [-0.39, 0.29) is 0 Å². The molecular weight excluding hydrogens is 569 g/mol. The molecule has 0 spiro atoms. The largest absolute Gasteiger partial charge is 0.455 e. The normalized spacial score (nSPS) is 12.1. The van der Waals surface area contributed by atoms with Gasteiger partial charge in [-0.25, -0.2) is 15.0 Å². The zero-order valence-corrected chi connectivity index (χ0v) is 26.2. The second-order valence-corrected chi connectivity index (χ2v) is 12.5. The molecule has 7 aromatic rings. The second-order valence-electron chi connectivity index (χ2n) is 12.5. The SMILES string of the molecule is CC(C)(O)C(C)(C)O[B]c1cc(-c2nc(-c3ccccc3)nc(-c3ccc(-c4ccccc4)cc3)n2)c2oc3ccccc3c2c1. The summed E-state index contributed by atoms with van der Waals surface area (Å²) in [6.45, 7) is 7.21. The summed E-state index contributed by atoms with van der Waals surface area (Å²) >= 11 is 0. The summed E-state index contributed by atoms with van der Waals surface area (Å²) in [6.07, 6.45) is 0. The number of aromatic nitrogens is 3. The van der Waals surface area contributed by atoms with E-state index >= 15 is 0 Å². The van der Waals surface area contributed by atoms with Gasteiger partial charge in [0.2, 0.25) is 0 Å². The molecule has 0 fully saturated rings. The van der Waals surface area contributed by atoms with E-state index in [1.165, 1.54) is 0 Å². The van der Waals surface area contributed by atoms with Crippen LogP contribution in [-0.4, -0.2) is 38.7 Å². The molecule has 7 rings (SSSR count). The predicted molar refractivity (Wildman–Crippen MR) is 186 cm³/mol. The number of hydrogen-bond donors (Lipinski definition) is 1. The molecule has 0 bridgehead atoms. The van der Waals surface area contributed by atoms with Gasteiger partial charge in [0.1, 0.15) is 11.2 Å². The molecule has 0 aliphatic carbocycles. The van der Waals surface area contributed by atoms with E-state index in [1.807, 2.05) is 111 Å². The number of fused-ring (bicyclic) bond motifs is 3. The quantitative estimate of drug-likeness (QED) is 0.177. The molecule has 0 atom stereocenters. The summed E-state index contributed by atoms with van der Waals surface area (Å²) in [5.74, 6) is 1.60. The van der Waals surface area contributed by atoms with Crippen molar-refractivity contribution in [2.24, 2.45) is 0 Å². The Labute approximate surface area is 269 Å². The van der Waals surface area contributed by atoms with Crippen LogP contribution in [0.4, 0.5) is 0 Å². The van der Waals surface area contributed by atoms with Crippen LogP contribution in [0.15, 0.2) is 126 Å². The van der Waals surface area contributed by atoms with Crippen LogP contribution in [0.3, 0.4) is 0 Å². The minimum atomic E-state index is -1.07. The molecule has 1 radical (unpaired) electrons. The first-order valence-corrected chi connectivity index (χ1v) is 15.3. The molecule has 0 aliphatic heterocycles. The molecule has 0 saturated heterocycles. The predicted octanol–water partition coefficient (Wildman–Crippen LogP) is 8.25. The highest BCUT2D eigenvalue weighted by molar-refractivity contribution is 6.48. The van der Waals surface area contributed by atoms with Gasteiger partial charge in [-0.2, -0.15) is 0 Å². The molecule has 46 heavy (non-hydrogen) atoms. The first kappa shape index (κ1) is 29.6. The molecule has 2 aromatic heterocycles. The Kier molecular flexibility index (Phi) is 7.51. The van der Waals surface area contributed by atoms with Crippen molar-refractivity contribution in [2.75, 3.05) is 0 Å². The minimum Gasteiger partial charge on any atom is -0.455 e. The van der Waals surface area contributed by atoms with Gasteiger partial charge in [-0.3, -0.25) is 0 Å². The van der Waals surface area contributed by atoms with Crippen LogP contribution in [0.25, 0.3) is 67.2 Å². The fourth-order valence-corrected chi connectivity index (χ4v) is 5.23. The summed E-state index contributed by atoms with van der Waals surface area (Å²) in [5.41, 5.74) is 5.06. The van der Waals surface area contributed by atoms with Gasteiger partial charge in [0.25, 0.3) is 0 Å². The summed E-state index contributed by atoms with van der Waals surface area (Å²) < 4.78 is 12.6. The number of para-hydroxylation sites is 1. The van der Waals surface area contributed by atoms with Crippen LogP contribution in [0, 0.1) is 0 Å². The van der Waals surface area contributed by atoms with Gasteiger partial charge in [0.05, 0.1) is 16.8 Å². The van der Waals surface area contributed by atoms with Crippen molar-refractivity contribution in [3.63, 3.8) is 0 Å². The Morgan fingerprint density at radius 2 is 1.11 bits per heavy atom. The molecule has 1 N–H and O–H groups in total. The zero-order valence-electron chi connectivity index (χ0n) is 26.2. The van der Waals surface area contributed by atoms with Crippen LogP contribution in [0.2, 0.25) is 0 Å². The van der Waals surface area contributed by atoms with Crippen molar-refractivity contribution in [2.45, 2.75) is 38.9 Å². The fraction of sp³-hybridized carbons (Fsp3) is 0.154. The molecule has 5 aromatic carbocycles. The van der Waals surface area contributed by atoms with Crippen LogP contribution in [0.1, 0.15) is 27.7 Å². The molecule has 0 saturated carbocycles. The first-order chi connectivity index (χ1) is 22.2. The van der Waals surface area contributed by atoms with Gasteiger partial charge >= 0.3 is 7.48 Å². The topological polar surface area (TPSA) is 81.3 Å². The van der Waals surface area contributed by atoms with Crippen molar-refractivity contribution < 1.29 is 14.2 Å². The van der Waals surface area contributed by atoms with E-state index in [1.54, 1.807) is 21.3 Å². The van der Waals surface area contributed by atoms with Crippen molar-refractivity contribution >= 4 is 34.9 Å². The maximum atomic E-state index is 10.7. The third-order valence-electron chi connectivity index (χ3n) is 8.62. The minimum absolute atomic E-state index is 0.483. The number of nitrogens with zero attached hydrogens (tertiary/aromatic N) is 3. The molecule has 6 nitrogen and oxygen atoms in total. The Morgan fingerprint density at radius 3 is 1.76 bits per heavy atom. The van der Waals surface area contributed by atoms with E-state index in [2.05, 4.69) is 24.3 Å². The number of furan rings is 1. The number of aliphatic hydroxyl groups is 1. The van der Waals surface area contributed by atoms with Gasteiger partial charge in [-0.15, -0.1) is 0 Å². The van der Waals surface area contributed by atoms with Gasteiger partial charge in [-0.05, 0) is 44.9 Å². The van der Waals surface area contributed by atoms with E-state index in [9.17, 15) is 5.11 Å². The van der Waals surface area contributed by atoms with Gasteiger partial charge < -0.3 is 14.2 Å². The van der Waals surface area contributed by atoms with Gasteiger partial charge in [-0.1, -0.05) is 121 Å². The molecule has 225 valence electrons. The number of hydrogen-bond acceptors (Lipinski definition) is 6. The molecule has 2 heterocycles. The average Bonchev–Trinajstić information content (AvgIpc) is 3.46. The Hall–Kier alpha value is -5.11. The second kappa shape index (κ2) is 11.7. The lowest BCUT2D eigenvalue weighted by atomic mass is 9.81. The summed E-state index contributed by atoms with van der Waals surface area (Å²) in [5, 5.41) is 12.6. The van der Waals surface area contributed by atoms with Crippen molar-refractivity contribution in [3.8, 4) is 45.3 Å². The summed E-state index contributed by atoms with van der Waals surface area (Å²) in [4.78, 5) is 15.0. The molecule has 7 heteroatoms. The zero-order chi connectivity index (χ0) is 31.9. The fourth-order valence-electron chi connectivity index (χ4n) is 5.23. The van der Waals surface area contributed by atoms with E-state index in [0.717, 1.165) is 44.1 Å². The molecule has 0 aliphatic rings. The lowest BCUT2D eigenvalue weighted by Crippen LogP contribution is -2.49. The Morgan fingerprint density at radius 1 is 0.587 bits per heavy atom. The van der Waals surface area contributed by atoms with Crippen molar-refractivity contribution in [1.82, 2.24) is 15.0 Å². The smallest absolute Gasteiger partial charge is 0.330 e. The first-order valence-electron chi connectivity index (χ1n) is 15.3. The van der Waals surface area contributed by atoms with Crippen LogP contribution < -0.4 is 5.46 Å². The lowest BCUT2D eigenvalue weighted by Gasteiger charge is -2.37. The average molecular weight is 603 g/mol. The molecular formula is C39H33BN3O3. The standard InChI is InChI=1S/C39H33BN3O3/c1-38(2,44)39(3,4)46-40-29-23-31-30-17-11-12-18-33(30)45-34(31)32(24-29)37-42-35(27-15-9-6-10-16-27)41-36(43-37)28-21-19-26(20-22-28)25-13-7-5-8-14-25/h5-24,44H,1-4H3.